The molecule has 4 rings (SSSR count). The van der Waals surface area contributed by atoms with Gasteiger partial charge in [-0.05, 0) is 23.8 Å². The van der Waals surface area contributed by atoms with Gasteiger partial charge in [0, 0.05) is 11.8 Å². The number of nitrogens with zero attached hydrogens (tertiary/aromatic N) is 2. The molecule has 2 aromatic rings. The first kappa shape index (κ1) is 18.4. The molecular formula is C18H15F3N2O2S2. The molecule has 0 saturated carbocycles. The quantitative estimate of drug-likeness (QED) is 0.776. The smallest absolute Gasteiger partial charge is 0.164 e. The Bertz CT molecular complexity index is 1030. The molecule has 2 aromatic carbocycles. The molecular weight excluding hydrogens is 397 g/mol. The minimum Gasteiger partial charge on any atom is -0.312 e. The number of aliphatic imine (C=N–C) groups is 1. The van der Waals surface area contributed by atoms with Crippen LogP contribution in [0.1, 0.15) is 5.56 Å². The lowest BCUT2D eigenvalue weighted by atomic mass is 10.1. The third kappa shape index (κ3) is 3.58. The molecule has 0 spiro atoms. The van der Waals surface area contributed by atoms with Crippen molar-refractivity contribution in [2.75, 3.05) is 16.4 Å². The molecule has 1 saturated heterocycles. The Hall–Kier alpha value is -2.00. The molecule has 142 valence electrons. The van der Waals surface area contributed by atoms with Crippen molar-refractivity contribution < 1.29 is 21.6 Å². The number of hydrogen-bond acceptors (Lipinski definition) is 5. The van der Waals surface area contributed by atoms with Gasteiger partial charge in [0.15, 0.2) is 15.0 Å². The lowest BCUT2D eigenvalue weighted by Crippen LogP contribution is -2.39. The molecule has 4 nitrogen and oxygen atoms in total. The first-order valence-corrected chi connectivity index (χ1v) is 11.0. The second-order valence-corrected chi connectivity index (χ2v) is 9.57. The largest absolute Gasteiger partial charge is 0.312 e. The zero-order valence-electron chi connectivity index (χ0n) is 14.0. The summed E-state index contributed by atoms with van der Waals surface area (Å²) < 4.78 is 65.5. The van der Waals surface area contributed by atoms with E-state index in [-0.39, 0.29) is 28.8 Å². The Balaban J connectivity index is 1.66. The van der Waals surface area contributed by atoms with Gasteiger partial charge in [-0.25, -0.2) is 21.6 Å². The van der Waals surface area contributed by atoms with Crippen LogP contribution < -0.4 is 4.90 Å². The molecule has 0 unspecified atom stereocenters. The van der Waals surface area contributed by atoms with Gasteiger partial charge >= 0.3 is 0 Å². The van der Waals surface area contributed by atoms with Crippen LogP contribution in [-0.4, -0.2) is 37.2 Å². The van der Waals surface area contributed by atoms with Gasteiger partial charge in [-0.15, -0.1) is 0 Å². The van der Waals surface area contributed by atoms with E-state index in [4.69, 9.17) is 0 Å². The summed E-state index contributed by atoms with van der Waals surface area (Å²) in [5.74, 6) is -1.87. The third-order valence-corrected chi connectivity index (χ3v) is 7.31. The van der Waals surface area contributed by atoms with Crippen molar-refractivity contribution >= 4 is 32.5 Å². The average Bonchev–Trinajstić information content (AvgIpc) is 3.06. The van der Waals surface area contributed by atoms with Crippen LogP contribution >= 0.6 is 11.8 Å². The molecule has 0 N–H and O–H groups in total. The molecule has 0 amide bonds. The Labute approximate surface area is 159 Å². The summed E-state index contributed by atoms with van der Waals surface area (Å²) in [6.45, 7) is 0. The molecule has 27 heavy (non-hydrogen) atoms. The van der Waals surface area contributed by atoms with E-state index in [1.54, 1.807) is 18.2 Å². The minimum absolute atomic E-state index is 0.0702. The normalized spacial score (nSPS) is 23.4. The number of sulfone groups is 1. The number of rotatable bonds is 3. The zero-order chi connectivity index (χ0) is 19.2. The van der Waals surface area contributed by atoms with Crippen molar-refractivity contribution in [2.45, 2.75) is 17.8 Å². The summed E-state index contributed by atoms with van der Waals surface area (Å²) in [5, 5.41) is 0.411. The van der Waals surface area contributed by atoms with Gasteiger partial charge in [-0.2, -0.15) is 0 Å². The molecule has 2 aliphatic heterocycles. The van der Waals surface area contributed by atoms with Gasteiger partial charge in [-0.1, -0.05) is 30.0 Å². The van der Waals surface area contributed by atoms with Crippen molar-refractivity contribution in [3.63, 3.8) is 0 Å². The number of amidine groups is 1. The number of hydrogen-bond donors (Lipinski definition) is 0. The standard InChI is InChI=1S/C18H15F3N2O2S2/c19-12-5-6-16(14(21)7-12)23-17-10-27(24,25)9-15(17)22-18(23)26-8-11-3-1-2-4-13(11)20/h1-7,15,17H,8-10H2/t15-,17+/m1/s1. The predicted molar refractivity (Wildman–Crippen MR) is 100 cm³/mol. The van der Waals surface area contributed by atoms with Crippen molar-refractivity contribution in [1.29, 1.82) is 0 Å². The van der Waals surface area contributed by atoms with E-state index in [9.17, 15) is 21.6 Å². The highest BCUT2D eigenvalue weighted by atomic mass is 32.2. The van der Waals surface area contributed by atoms with E-state index < -0.39 is 33.6 Å². The van der Waals surface area contributed by atoms with Crippen molar-refractivity contribution in [1.82, 2.24) is 0 Å². The van der Waals surface area contributed by atoms with Crippen LogP contribution in [-0.2, 0) is 15.6 Å². The second kappa shape index (κ2) is 6.87. The van der Waals surface area contributed by atoms with Gasteiger partial charge in [0.1, 0.15) is 17.5 Å². The van der Waals surface area contributed by atoms with Crippen LogP contribution in [0.4, 0.5) is 18.9 Å². The van der Waals surface area contributed by atoms with E-state index in [0.29, 0.717) is 10.7 Å². The van der Waals surface area contributed by atoms with E-state index >= 15 is 0 Å². The van der Waals surface area contributed by atoms with Gasteiger partial charge < -0.3 is 4.90 Å². The molecule has 0 bridgehead atoms. The second-order valence-electron chi connectivity index (χ2n) is 6.47. The lowest BCUT2D eigenvalue weighted by Gasteiger charge is -2.26. The van der Waals surface area contributed by atoms with E-state index in [2.05, 4.69) is 4.99 Å². The summed E-state index contributed by atoms with van der Waals surface area (Å²) >= 11 is 1.20. The summed E-state index contributed by atoms with van der Waals surface area (Å²) in [6, 6.07) is 8.40. The SMILES string of the molecule is O=S1(=O)C[C@H]2N=C(SCc3ccccc3F)N(c3ccc(F)cc3F)[C@H]2C1. The maximum absolute atomic E-state index is 14.4. The first-order valence-electron chi connectivity index (χ1n) is 8.23. The van der Waals surface area contributed by atoms with Crippen LogP contribution in [0.3, 0.4) is 0 Å². The first-order chi connectivity index (χ1) is 12.8. The Morgan fingerprint density at radius 1 is 1.07 bits per heavy atom. The minimum atomic E-state index is -3.28. The number of thioether (sulfide) groups is 1. The molecule has 0 aromatic heterocycles. The van der Waals surface area contributed by atoms with Crippen LogP contribution in [0.15, 0.2) is 47.5 Å². The van der Waals surface area contributed by atoms with Crippen molar-refractivity contribution in [3.05, 3.63) is 65.5 Å². The highest BCUT2D eigenvalue weighted by molar-refractivity contribution is 8.13. The Kier molecular flexibility index (Phi) is 4.67. The summed E-state index contributed by atoms with van der Waals surface area (Å²) in [7, 11) is -3.28. The molecule has 2 heterocycles. The lowest BCUT2D eigenvalue weighted by molar-refractivity contribution is 0.577. The highest BCUT2D eigenvalue weighted by Gasteiger charge is 2.47. The van der Waals surface area contributed by atoms with Crippen LogP contribution in [0.5, 0.6) is 0 Å². The molecule has 0 aliphatic carbocycles. The number of halogens is 3. The van der Waals surface area contributed by atoms with Crippen molar-refractivity contribution in [2.24, 2.45) is 4.99 Å². The van der Waals surface area contributed by atoms with E-state index in [0.717, 1.165) is 12.1 Å². The number of fused-ring (bicyclic) bond motifs is 1. The fourth-order valence-electron chi connectivity index (χ4n) is 3.35. The molecule has 2 aliphatic rings. The monoisotopic (exact) mass is 412 g/mol. The topological polar surface area (TPSA) is 49.7 Å². The van der Waals surface area contributed by atoms with E-state index in [1.165, 1.54) is 28.8 Å². The molecule has 9 heteroatoms. The highest BCUT2D eigenvalue weighted by Crippen LogP contribution is 2.37. The summed E-state index contributed by atoms with van der Waals surface area (Å²) in [4.78, 5) is 5.96. The predicted octanol–water partition coefficient (Wildman–Crippen LogP) is 3.38. The summed E-state index contributed by atoms with van der Waals surface area (Å²) in [6.07, 6.45) is 0. The average molecular weight is 412 g/mol. The third-order valence-electron chi connectivity index (χ3n) is 4.59. The molecule has 0 radical (unpaired) electrons. The van der Waals surface area contributed by atoms with Crippen LogP contribution in [0.2, 0.25) is 0 Å². The van der Waals surface area contributed by atoms with Crippen molar-refractivity contribution in [3.8, 4) is 0 Å². The number of benzene rings is 2. The Morgan fingerprint density at radius 2 is 1.85 bits per heavy atom. The van der Waals surface area contributed by atoms with Gasteiger partial charge in [0.2, 0.25) is 0 Å². The van der Waals surface area contributed by atoms with Gasteiger partial charge in [0.25, 0.3) is 0 Å². The van der Waals surface area contributed by atoms with Crippen LogP contribution in [0, 0.1) is 17.5 Å². The Morgan fingerprint density at radius 3 is 2.59 bits per heavy atom. The fraction of sp³-hybridized carbons (Fsp3) is 0.278. The molecule has 2 atom stereocenters. The van der Waals surface area contributed by atoms with Gasteiger partial charge in [-0.3, -0.25) is 4.99 Å². The fourth-order valence-corrected chi connectivity index (χ4v) is 6.30. The number of anilines is 1. The van der Waals surface area contributed by atoms with Gasteiger partial charge in [0.05, 0.1) is 29.3 Å². The molecule has 1 fully saturated rings. The van der Waals surface area contributed by atoms with E-state index in [1.807, 2.05) is 0 Å². The van der Waals surface area contributed by atoms with Crippen LogP contribution in [0.25, 0.3) is 0 Å². The maximum atomic E-state index is 14.4. The summed E-state index contributed by atoms with van der Waals surface area (Å²) in [5.41, 5.74) is 0.537. The maximum Gasteiger partial charge on any atom is 0.164 e. The zero-order valence-corrected chi connectivity index (χ0v) is 15.6.